The molecule has 0 bridgehead atoms. The summed E-state index contributed by atoms with van der Waals surface area (Å²) in [6, 6.07) is 8.16. The smallest absolute Gasteiger partial charge is 0.236 e. The Morgan fingerprint density at radius 2 is 1.88 bits per heavy atom. The van der Waals surface area contributed by atoms with E-state index in [1.807, 2.05) is 40.0 Å². The van der Waals surface area contributed by atoms with Gasteiger partial charge in [0.2, 0.25) is 5.91 Å². The Bertz CT molecular complexity index is 543. The lowest BCUT2D eigenvalue weighted by atomic mass is 9.95. The molecule has 0 aliphatic carbocycles. The Balaban J connectivity index is 2.62. The van der Waals surface area contributed by atoms with Gasteiger partial charge in [0.1, 0.15) is 0 Å². The predicted octanol–water partition coefficient (Wildman–Crippen LogP) is 3.64. The molecular formula is C14H17NO. The first-order chi connectivity index (χ1) is 7.39. The molecule has 0 fully saturated rings. The van der Waals surface area contributed by atoms with E-state index in [0.29, 0.717) is 0 Å². The Hall–Kier alpha value is -1.57. The second-order valence-electron chi connectivity index (χ2n) is 5.30. The molecular weight excluding hydrogens is 198 g/mol. The number of fused-ring (bicyclic) bond motifs is 1. The van der Waals surface area contributed by atoms with E-state index < -0.39 is 0 Å². The van der Waals surface area contributed by atoms with E-state index in [4.69, 9.17) is 0 Å². The van der Waals surface area contributed by atoms with Gasteiger partial charge in [0.05, 0.1) is 5.52 Å². The highest BCUT2D eigenvalue weighted by Crippen LogP contribution is 2.23. The fourth-order valence-corrected chi connectivity index (χ4v) is 1.78. The summed E-state index contributed by atoms with van der Waals surface area (Å²) in [5, 5.41) is 1.11. The molecule has 2 rings (SSSR count). The fraction of sp³-hybridized carbons (Fsp3) is 0.357. The lowest BCUT2D eigenvalue weighted by molar-refractivity contribution is 0.0772. The largest absolute Gasteiger partial charge is 0.287 e. The Morgan fingerprint density at radius 3 is 2.50 bits per heavy atom. The lowest BCUT2D eigenvalue weighted by Gasteiger charge is -2.17. The van der Waals surface area contributed by atoms with Crippen LogP contribution in [-0.2, 0) is 0 Å². The van der Waals surface area contributed by atoms with Crippen molar-refractivity contribution in [2.75, 3.05) is 0 Å². The summed E-state index contributed by atoms with van der Waals surface area (Å²) >= 11 is 0. The van der Waals surface area contributed by atoms with Crippen LogP contribution in [0.1, 0.15) is 31.1 Å². The van der Waals surface area contributed by atoms with Crippen LogP contribution in [0, 0.1) is 12.3 Å². The van der Waals surface area contributed by atoms with Gasteiger partial charge in [-0.1, -0.05) is 32.9 Å². The molecule has 84 valence electrons. The van der Waals surface area contributed by atoms with Crippen LogP contribution in [0.15, 0.2) is 30.5 Å². The van der Waals surface area contributed by atoms with Crippen molar-refractivity contribution in [2.45, 2.75) is 27.7 Å². The van der Waals surface area contributed by atoms with Crippen LogP contribution in [0.5, 0.6) is 0 Å². The number of rotatable bonds is 0. The number of aryl methyl sites for hydroxylation is 1. The van der Waals surface area contributed by atoms with E-state index in [9.17, 15) is 4.79 Å². The summed E-state index contributed by atoms with van der Waals surface area (Å²) in [4.78, 5) is 12.2. The highest BCUT2D eigenvalue weighted by molar-refractivity contribution is 5.95. The average molecular weight is 215 g/mol. The number of benzene rings is 1. The molecule has 1 heterocycles. The summed E-state index contributed by atoms with van der Waals surface area (Å²) < 4.78 is 1.75. The summed E-state index contributed by atoms with van der Waals surface area (Å²) in [7, 11) is 0. The van der Waals surface area contributed by atoms with Crippen molar-refractivity contribution in [1.29, 1.82) is 0 Å². The van der Waals surface area contributed by atoms with Crippen LogP contribution < -0.4 is 0 Å². The second-order valence-corrected chi connectivity index (χ2v) is 5.30. The number of carbonyl (C=O) groups excluding carboxylic acids is 1. The third kappa shape index (κ3) is 1.75. The van der Waals surface area contributed by atoms with E-state index in [0.717, 1.165) is 10.9 Å². The van der Waals surface area contributed by atoms with E-state index in [1.165, 1.54) is 5.56 Å². The minimum absolute atomic E-state index is 0.133. The molecule has 0 aliphatic rings. The zero-order valence-corrected chi connectivity index (χ0v) is 10.2. The van der Waals surface area contributed by atoms with Gasteiger partial charge >= 0.3 is 0 Å². The second kappa shape index (κ2) is 3.48. The van der Waals surface area contributed by atoms with Gasteiger partial charge in [-0.15, -0.1) is 0 Å². The zero-order chi connectivity index (χ0) is 11.9. The third-order valence-corrected chi connectivity index (χ3v) is 2.71. The number of nitrogens with zero attached hydrogens (tertiary/aromatic N) is 1. The number of aromatic nitrogens is 1. The minimum Gasteiger partial charge on any atom is -0.287 e. The first-order valence-electron chi connectivity index (χ1n) is 5.52. The zero-order valence-electron chi connectivity index (χ0n) is 10.2. The predicted molar refractivity (Wildman–Crippen MR) is 66.8 cm³/mol. The SMILES string of the molecule is Cc1ccc2ccn(C(=O)C(C)(C)C)c2c1. The Kier molecular flexibility index (Phi) is 2.38. The molecule has 1 aromatic carbocycles. The van der Waals surface area contributed by atoms with Crippen molar-refractivity contribution in [3.05, 3.63) is 36.0 Å². The molecule has 0 aliphatic heterocycles. The molecule has 0 atom stereocenters. The van der Waals surface area contributed by atoms with Gasteiger partial charge in [-0.25, -0.2) is 0 Å². The molecule has 0 saturated carbocycles. The van der Waals surface area contributed by atoms with Crippen molar-refractivity contribution in [1.82, 2.24) is 4.57 Å². The highest BCUT2D eigenvalue weighted by atomic mass is 16.2. The molecule has 0 saturated heterocycles. The minimum atomic E-state index is -0.351. The molecule has 0 spiro atoms. The molecule has 2 nitrogen and oxygen atoms in total. The fourth-order valence-electron chi connectivity index (χ4n) is 1.78. The summed E-state index contributed by atoms with van der Waals surface area (Å²) in [5.74, 6) is 0.133. The van der Waals surface area contributed by atoms with Crippen molar-refractivity contribution < 1.29 is 4.79 Å². The summed E-state index contributed by atoms with van der Waals surface area (Å²) in [6.45, 7) is 7.86. The molecule has 0 radical (unpaired) electrons. The van der Waals surface area contributed by atoms with Crippen LogP contribution in [0.3, 0.4) is 0 Å². The number of hydrogen-bond donors (Lipinski definition) is 0. The maximum Gasteiger partial charge on any atom is 0.236 e. The standard InChI is InChI=1S/C14H17NO/c1-10-5-6-11-7-8-15(12(11)9-10)13(16)14(2,3)4/h5-9H,1-4H3. The van der Waals surface area contributed by atoms with Crippen LogP contribution in [-0.4, -0.2) is 10.5 Å². The molecule has 0 unspecified atom stereocenters. The monoisotopic (exact) mass is 215 g/mol. The van der Waals surface area contributed by atoms with Crippen molar-refractivity contribution >= 4 is 16.8 Å². The Morgan fingerprint density at radius 1 is 1.19 bits per heavy atom. The van der Waals surface area contributed by atoms with Gasteiger partial charge in [-0.3, -0.25) is 9.36 Å². The summed E-state index contributed by atoms with van der Waals surface area (Å²) in [6.07, 6.45) is 1.86. The summed E-state index contributed by atoms with van der Waals surface area (Å²) in [5.41, 5.74) is 1.82. The number of carbonyl (C=O) groups is 1. The van der Waals surface area contributed by atoms with Crippen molar-refractivity contribution in [3.8, 4) is 0 Å². The normalized spacial score (nSPS) is 12.0. The first-order valence-corrected chi connectivity index (χ1v) is 5.52. The van der Waals surface area contributed by atoms with Crippen LogP contribution in [0.25, 0.3) is 10.9 Å². The van der Waals surface area contributed by atoms with E-state index >= 15 is 0 Å². The lowest BCUT2D eigenvalue weighted by Crippen LogP contribution is -2.25. The van der Waals surface area contributed by atoms with Crippen LogP contribution in [0.2, 0.25) is 0 Å². The van der Waals surface area contributed by atoms with E-state index in [1.54, 1.807) is 4.57 Å². The van der Waals surface area contributed by atoms with E-state index in [-0.39, 0.29) is 11.3 Å². The molecule has 0 N–H and O–H groups in total. The molecule has 2 aromatic rings. The molecule has 0 amide bonds. The molecule has 2 heteroatoms. The number of hydrogen-bond acceptors (Lipinski definition) is 1. The molecule has 1 aromatic heterocycles. The van der Waals surface area contributed by atoms with Crippen molar-refractivity contribution in [3.63, 3.8) is 0 Å². The van der Waals surface area contributed by atoms with Gasteiger partial charge in [0.25, 0.3) is 0 Å². The van der Waals surface area contributed by atoms with Crippen molar-refractivity contribution in [2.24, 2.45) is 5.41 Å². The quantitative estimate of drug-likeness (QED) is 0.657. The topological polar surface area (TPSA) is 22.0 Å². The van der Waals surface area contributed by atoms with Gasteiger partial charge in [0, 0.05) is 17.0 Å². The van der Waals surface area contributed by atoms with E-state index in [2.05, 4.69) is 18.2 Å². The average Bonchev–Trinajstić information content (AvgIpc) is 2.57. The van der Waals surface area contributed by atoms with Gasteiger partial charge in [-0.2, -0.15) is 0 Å². The highest BCUT2D eigenvalue weighted by Gasteiger charge is 2.23. The maximum absolute atomic E-state index is 12.2. The third-order valence-electron chi connectivity index (χ3n) is 2.71. The first kappa shape index (κ1) is 10.9. The van der Waals surface area contributed by atoms with Gasteiger partial charge in [0.15, 0.2) is 0 Å². The van der Waals surface area contributed by atoms with Crippen LogP contribution >= 0.6 is 0 Å². The van der Waals surface area contributed by atoms with Gasteiger partial charge in [-0.05, 0) is 24.6 Å². The maximum atomic E-state index is 12.2. The molecule has 16 heavy (non-hydrogen) atoms. The van der Waals surface area contributed by atoms with Gasteiger partial charge < -0.3 is 0 Å². The van der Waals surface area contributed by atoms with Crippen LogP contribution in [0.4, 0.5) is 0 Å². The Labute approximate surface area is 95.9 Å².